The Morgan fingerprint density at radius 2 is 1.09 bits per heavy atom. The molecule has 1 radical (unpaired) electrons. The van der Waals surface area contributed by atoms with Crippen LogP contribution in [0.15, 0.2) is 0 Å². The number of unbranched alkanes of at least 4 members (excludes halogenated alkanes) is 14. The van der Waals surface area contributed by atoms with Crippen molar-refractivity contribution < 1.29 is 9.53 Å². The lowest BCUT2D eigenvalue weighted by molar-refractivity contribution is -0.139. The highest BCUT2D eigenvalue weighted by Crippen LogP contribution is 2.11. The maximum Gasteiger partial charge on any atom is 0.309 e. The molecule has 0 saturated heterocycles. The smallest absolute Gasteiger partial charge is 0.309 e. The zero-order valence-electron chi connectivity index (χ0n) is 15.9. The first-order chi connectivity index (χ1) is 11.3. The Labute approximate surface area is 145 Å². The minimum absolute atomic E-state index is 0.114. The van der Waals surface area contributed by atoms with E-state index in [0.717, 1.165) is 19.3 Å². The topological polar surface area (TPSA) is 26.3 Å². The van der Waals surface area contributed by atoms with Crippen LogP contribution in [-0.2, 0) is 9.53 Å². The summed E-state index contributed by atoms with van der Waals surface area (Å²) < 4.78 is 5.25. The number of carbonyl (C=O) groups excluding carboxylic acids is 1. The largest absolute Gasteiger partial charge is 0.465 e. The molecule has 2 nitrogen and oxygen atoms in total. The second-order valence-corrected chi connectivity index (χ2v) is 6.76. The summed E-state index contributed by atoms with van der Waals surface area (Å²) >= 11 is 0. The van der Waals surface area contributed by atoms with E-state index < -0.39 is 0 Å². The number of ether oxygens (including phenoxy) is 1. The normalized spacial score (nSPS) is 10.9. The van der Waals surface area contributed by atoms with Gasteiger partial charge in [0.15, 0.2) is 0 Å². The molecule has 23 heavy (non-hydrogen) atoms. The van der Waals surface area contributed by atoms with Crippen LogP contribution in [0.4, 0.5) is 0 Å². The lowest BCUT2D eigenvalue weighted by atomic mass is 10.1. The zero-order chi connectivity index (χ0) is 17.0. The van der Waals surface area contributed by atoms with E-state index >= 15 is 0 Å². The summed E-state index contributed by atoms with van der Waals surface area (Å²) in [7, 11) is 0. The molecular formula is C21H41O2. The van der Waals surface area contributed by atoms with Crippen molar-refractivity contribution in [3.8, 4) is 0 Å². The molecular weight excluding hydrogens is 284 g/mol. The molecule has 0 fully saturated rings. The molecule has 0 aromatic heterocycles. The predicted octanol–water partition coefficient (Wildman–Crippen LogP) is 7.02. The highest BCUT2D eigenvalue weighted by Gasteiger charge is 2.02. The molecule has 0 bridgehead atoms. The Kier molecular flexibility index (Phi) is 19.1. The molecule has 0 saturated carbocycles. The third-order valence-corrected chi connectivity index (χ3v) is 4.36. The molecule has 0 aromatic rings. The van der Waals surface area contributed by atoms with E-state index in [9.17, 15) is 4.79 Å². The minimum atomic E-state index is -0.114. The van der Waals surface area contributed by atoms with Gasteiger partial charge in [0.2, 0.25) is 0 Å². The molecule has 0 atom stereocenters. The average Bonchev–Trinajstić information content (AvgIpc) is 2.56. The van der Waals surface area contributed by atoms with Crippen molar-refractivity contribution >= 4 is 5.97 Å². The molecule has 0 unspecified atom stereocenters. The SMILES string of the molecule is CCCCCCC[CH]C(=O)OCCCCCCCCCCCC. The van der Waals surface area contributed by atoms with Crippen molar-refractivity contribution in [1.82, 2.24) is 0 Å². The molecule has 0 aromatic carbocycles. The maximum atomic E-state index is 11.5. The molecule has 0 amide bonds. The fourth-order valence-electron chi connectivity index (χ4n) is 2.79. The third kappa shape index (κ3) is 19.4. The Morgan fingerprint density at radius 3 is 1.61 bits per heavy atom. The number of esters is 1. The van der Waals surface area contributed by atoms with Gasteiger partial charge in [-0.2, -0.15) is 0 Å². The first-order valence-corrected chi connectivity index (χ1v) is 10.3. The van der Waals surface area contributed by atoms with Crippen LogP contribution in [0.3, 0.4) is 0 Å². The van der Waals surface area contributed by atoms with Crippen LogP contribution in [0.5, 0.6) is 0 Å². The summed E-state index contributed by atoms with van der Waals surface area (Å²) in [6, 6.07) is 0. The van der Waals surface area contributed by atoms with E-state index in [1.54, 1.807) is 6.42 Å². The monoisotopic (exact) mass is 325 g/mol. The predicted molar refractivity (Wildman–Crippen MR) is 100 cm³/mol. The van der Waals surface area contributed by atoms with Crippen LogP contribution in [-0.4, -0.2) is 12.6 Å². The standard InChI is InChI=1S/C21H41O2/c1-3-5-7-9-11-12-13-14-16-18-20-23-21(22)19-17-15-10-8-6-4-2/h19H,3-18,20H2,1-2H3. The molecule has 0 heterocycles. The van der Waals surface area contributed by atoms with Crippen molar-refractivity contribution in [1.29, 1.82) is 0 Å². The van der Waals surface area contributed by atoms with Crippen molar-refractivity contribution in [2.75, 3.05) is 6.61 Å². The van der Waals surface area contributed by atoms with E-state index in [0.29, 0.717) is 6.61 Å². The van der Waals surface area contributed by atoms with Crippen LogP contribution >= 0.6 is 0 Å². The average molecular weight is 326 g/mol. The summed E-state index contributed by atoms with van der Waals surface area (Å²) in [5, 5.41) is 0. The van der Waals surface area contributed by atoms with Gasteiger partial charge in [0.1, 0.15) is 0 Å². The first kappa shape index (κ1) is 22.5. The first-order valence-electron chi connectivity index (χ1n) is 10.3. The van der Waals surface area contributed by atoms with Crippen LogP contribution in [0.2, 0.25) is 0 Å². The number of carbonyl (C=O) groups is 1. The van der Waals surface area contributed by atoms with Gasteiger partial charge >= 0.3 is 5.97 Å². The Morgan fingerprint density at radius 1 is 0.652 bits per heavy atom. The fraction of sp³-hybridized carbons (Fsp3) is 0.905. The van der Waals surface area contributed by atoms with Gasteiger partial charge in [0.05, 0.1) is 13.0 Å². The van der Waals surface area contributed by atoms with Gasteiger partial charge in [-0.1, -0.05) is 104 Å². The molecule has 137 valence electrons. The summed E-state index contributed by atoms with van der Waals surface area (Å²) in [5.74, 6) is -0.114. The van der Waals surface area contributed by atoms with Crippen molar-refractivity contribution in [3.05, 3.63) is 6.42 Å². The highest BCUT2D eigenvalue weighted by atomic mass is 16.5. The van der Waals surface area contributed by atoms with E-state index in [1.807, 2.05) is 0 Å². The lowest BCUT2D eigenvalue weighted by Crippen LogP contribution is -2.06. The third-order valence-electron chi connectivity index (χ3n) is 4.36. The second-order valence-electron chi connectivity index (χ2n) is 6.76. The van der Waals surface area contributed by atoms with Crippen molar-refractivity contribution in [2.45, 2.75) is 117 Å². The van der Waals surface area contributed by atoms with Gasteiger partial charge in [-0.15, -0.1) is 0 Å². The van der Waals surface area contributed by atoms with Crippen LogP contribution in [0.1, 0.15) is 117 Å². The molecule has 0 aliphatic heterocycles. The molecule has 0 N–H and O–H groups in total. The van der Waals surface area contributed by atoms with Gasteiger partial charge in [-0.25, -0.2) is 0 Å². The van der Waals surface area contributed by atoms with Crippen molar-refractivity contribution in [3.63, 3.8) is 0 Å². The minimum Gasteiger partial charge on any atom is -0.465 e. The van der Waals surface area contributed by atoms with Crippen LogP contribution in [0, 0.1) is 6.42 Å². The molecule has 0 aliphatic rings. The molecule has 0 rings (SSSR count). The Balaban J connectivity index is 3.11. The number of hydrogen-bond donors (Lipinski definition) is 0. The summed E-state index contributed by atoms with van der Waals surface area (Å²) in [6.07, 6.45) is 21.9. The maximum absolute atomic E-state index is 11.5. The van der Waals surface area contributed by atoms with E-state index in [4.69, 9.17) is 4.74 Å². The van der Waals surface area contributed by atoms with Gasteiger partial charge in [0, 0.05) is 0 Å². The van der Waals surface area contributed by atoms with Gasteiger partial charge < -0.3 is 4.74 Å². The van der Waals surface area contributed by atoms with E-state index in [-0.39, 0.29) is 5.97 Å². The second kappa shape index (κ2) is 19.5. The number of hydrogen-bond acceptors (Lipinski definition) is 2. The highest BCUT2D eigenvalue weighted by molar-refractivity contribution is 5.78. The van der Waals surface area contributed by atoms with Gasteiger partial charge in [-0.05, 0) is 12.8 Å². The van der Waals surface area contributed by atoms with E-state index in [1.165, 1.54) is 83.5 Å². The Hall–Kier alpha value is -0.530. The van der Waals surface area contributed by atoms with Crippen molar-refractivity contribution in [2.24, 2.45) is 0 Å². The molecule has 2 heteroatoms. The van der Waals surface area contributed by atoms with Gasteiger partial charge in [0.25, 0.3) is 0 Å². The number of rotatable bonds is 18. The zero-order valence-corrected chi connectivity index (χ0v) is 15.9. The van der Waals surface area contributed by atoms with Gasteiger partial charge in [-0.3, -0.25) is 4.79 Å². The van der Waals surface area contributed by atoms with Crippen LogP contribution in [0.25, 0.3) is 0 Å². The lowest BCUT2D eigenvalue weighted by Gasteiger charge is -2.05. The molecule has 0 aliphatic carbocycles. The van der Waals surface area contributed by atoms with Crippen LogP contribution < -0.4 is 0 Å². The summed E-state index contributed by atoms with van der Waals surface area (Å²) in [4.78, 5) is 11.5. The summed E-state index contributed by atoms with van der Waals surface area (Å²) in [5.41, 5.74) is 0. The fourth-order valence-corrected chi connectivity index (χ4v) is 2.79. The summed E-state index contributed by atoms with van der Waals surface area (Å²) in [6.45, 7) is 5.08. The quantitative estimate of drug-likeness (QED) is 0.200. The molecule has 0 spiro atoms. The van der Waals surface area contributed by atoms with E-state index in [2.05, 4.69) is 13.8 Å². The Bertz CT molecular complexity index is 238.